The maximum Gasteiger partial charge on any atom is 0.242 e. The largest absolute Gasteiger partial charge is 0.378 e. The summed E-state index contributed by atoms with van der Waals surface area (Å²) >= 11 is 3.31. The summed E-state index contributed by atoms with van der Waals surface area (Å²) < 4.78 is 7.31. The Balaban J connectivity index is 1.70. The van der Waals surface area contributed by atoms with Crippen molar-refractivity contribution in [2.24, 2.45) is 0 Å². The Hall–Kier alpha value is -2.62. The topological polar surface area (TPSA) is 67.7 Å². The molecule has 36 heavy (non-hydrogen) atoms. The molecule has 1 fully saturated rings. The molecule has 2 aliphatic heterocycles. The van der Waals surface area contributed by atoms with Crippen molar-refractivity contribution in [3.05, 3.63) is 63.5 Å². The van der Waals surface area contributed by atoms with E-state index in [2.05, 4.69) is 32.2 Å². The van der Waals surface area contributed by atoms with E-state index >= 15 is 0 Å². The van der Waals surface area contributed by atoms with E-state index in [4.69, 9.17) is 9.84 Å². The third kappa shape index (κ3) is 4.84. The van der Waals surface area contributed by atoms with Gasteiger partial charge < -0.3 is 9.64 Å². The number of thiophene rings is 1. The van der Waals surface area contributed by atoms with Crippen molar-refractivity contribution in [3.63, 3.8) is 0 Å². The van der Waals surface area contributed by atoms with Gasteiger partial charge in [0.15, 0.2) is 0 Å². The van der Waals surface area contributed by atoms with E-state index in [9.17, 15) is 9.59 Å². The number of nitrogens with zero attached hydrogens (tertiary/aromatic N) is 4. The molecule has 0 saturated carbocycles. The molecule has 1 aromatic carbocycles. The second kappa shape index (κ2) is 10.0. The highest BCUT2D eigenvalue weighted by molar-refractivity contribution is 8.00. The summed E-state index contributed by atoms with van der Waals surface area (Å²) in [5.74, 6) is 0.867. The fraction of sp³-hybridized carbons (Fsp3) is 0.444. The molecule has 0 spiro atoms. The number of carbonyl (C=O) groups excluding carboxylic acids is 2. The van der Waals surface area contributed by atoms with Crippen LogP contribution in [0, 0.1) is 6.92 Å². The molecule has 1 saturated heterocycles. The van der Waals surface area contributed by atoms with Crippen molar-refractivity contribution in [1.82, 2.24) is 14.7 Å². The number of aromatic nitrogens is 2. The maximum atomic E-state index is 13.7. The van der Waals surface area contributed by atoms with Gasteiger partial charge in [-0.1, -0.05) is 44.5 Å². The van der Waals surface area contributed by atoms with Crippen LogP contribution in [-0.2, 0) is 19.7 Å². The molecule has 0 radical (unpaired) electrons. The first-order chi connectivity index (χ1) is 17.2. The van der Waals surface area contributed by atoms with Gasteiger partial charge in [0.05, 0.1) is 35.6 Å². The fourth-order valence-corrected chi connectivity index (χ4v) is 6.83. The first kappa shape index (κ1) is 25.0. The van der Waals surface area contributed by atoms with E-state index in [-0.39, 0.29) is 29.0 Å². The lowest BCUT2D eigenvalue weighted by molar-refractivity contribution is -0.134. The number of thioether (sulfide) groups is 1. The van der Waals surface area contributed by atoms with Crippen LogP contribution in [0.3, 0.4) is 0 Å². The number of fused-ring (bicyclic) bond motifs is 1. The van der Waals surface area contributed by atoms with Crippen molar-refractivity contribution >= 4 is 40.7 Å². The van der Waals surface area contributed by atoms with Crippen molar-refractivity contribution in [2.75, 3.05) is 43.5 Å². The van der Waals surface area contributed by atoms with Gasteiger partial charge in [-0.2, -0.15) is 5.10 Å². The highest BCUT2D eigenvalue weighted by Crippen LogP contribution is 2.49. The Labute approximate surface area is 220 Å². The molecule has 0 N–H and O–H groups in total. The monoisotopic (exact) mass is 524 g/mol. The molecule has 3 aromatic rings. The second-order valence-electron chi connectivity index (χ2n) is 10.3. The summed E-state index contributed by atoms with van der Waals surface area (Å²) in [6, 6.07) is 12.3. The predicted molar refractivity (Wildman–Crippen MR) is 145 cm³/mol. The zero-order valence-electron chi connectivity index (χ0n) is 21.2. The molecular formula is C27H32N4O3S2. The van der Waals surface area contributed by atoms with E-state index in [1.807, 2.05) is 41.9 Å². The molecule has 2 aromatic heterocycles. The third-order valence-corrected chi connectivity index (χ3v) is 8.86. The van der Waals surface area contributed by atoms with E-state index in [0.29, 0.717) is 37.9 Å². The smallest absolute Gasteiger partial charge is 0.242 e. The van der Waals surface area contributed by atoms with E-state index in [1.54, 1.807) is 32.9 Å². The Bertz CT molecular complexity index is 1240. The lowest BCUT2D eigenvalue weighted by atomic mass is 9.88. The number of hydrogen-bond donors (Lipinski definition) is 0. The van der Waals surface area contributed by atoms with Crippen molar-refractivity contribution in [2.45, 2.75) is 38.4 Å². The number of benzene rings is 1. The third-order valence-electron chi connectivity index (χ3n) is 6.54. The summed E-state index contributed by atoms with van der Waals surface area (Å²) in [7, 11) is 0. The van der Waals surface area contributed by atoms with Gasteiger partial charge in [0, 0.05) is 28.9 Å². The van der Waals surface area contributed by atoms with Crippen LogP contribution in [0.25, 0.3) is 5.69 Å². The number of hydrogen-bond acceptors (Lipinski definition) is 6. The summed E-state index contributed by atoms with van der Waals surface area (Å²) in [5.41, 5.74) is 3.73. The van der Waals surface area contributed by atoms with Gasteiger partial charge >= 0.3 is 0 Å². The van der Waals surface area contributed by atoms with Crippen LogP contribution in [0.1, 0.15) is 47.7 Å². The van der Waals surface area contributed by atoms with Gasteiger partial charge in [0.25, 0.3) is 0 Å². The van der Waals surface area contributed by atoms with Crippen LogP contribution in [0.5, 0.6) is 0 Å². The normalized spacial score (nSPS) is 18.8. The zero-order chi connectivity index (χ0) is 25.4. The first-order valence-electron chi connectivity index (χ1n) is 12.3. The number of anilines is 1. The number of morpholine rings is 1. The molecule has 7 nitrogen and oxygen atoms in total. The molecule has 5 rings (SSSR count). The lowest BCUT2D eigenvalue weighted by Crippen LogP contribution is -2.48. The summed E-state index contributed by atoms with van der Waals surface area (Å²) in [5, 5.41) is 7.17. The van der Waals surface area contributed by atoms with Gasteiger partial charge in [-0.15, -0.1) is 23.1 Å². The van der Waals surface area contributed by atoms with Crippen LogP contribution >= 0.6 is 23.1 Å². The SMILES string of the molecule is Cc1ccc(-n2nc(C(C)(C)C)c3c2N(CC(=O)N2CCOCC2)C(=O)CS[C@H]3c2cccs2)cc1. The summed E-state index contributed by atoms with van der Waals surface area (Å²) in [4.78, 5) is 31.7. The van der Waals surface area contributed by atoms with E-state index < -0.39 is 0 Å². The standard InChI is InChI=1S/C27H32N4O3S2/c1-18-7-9-19(10-8-18)31-26-23(25(28-31)27(2,3)4)24(20-6-5-15-35-20)36-17-22(33)30(26)16-21(32)29-11-13-34-14-12-29/h5-10,15,24H,11-14,16-17H2,1-4H3/t24-/m0/s1. The van der Waals surface area contributed by atoms with Crippen LogP contribution in [0.4, 0.5) is 5.82 Å². The van der Waals surface area contributed by atoms with Gasteiger partial charge in [-0.05, 0) is 30.5 Å². The first-order valence-corrected chi connectivity index (χ1v) is 14.2. The molecule has 2 aliphatic rings. The quantitative estimate of drug-likeness (QED) is 0.500. The van der Waals surface area contributed by atoms with Crippen molar-refractivity contribution in [3.8, 4) is 5.69 Å². The summed E-state index contributed by atoms with van der Waals surface area (Å²) in [6.07, 6.45) is 0. The van der Waals surface area contributed by atoms with Crippen molar-refractivity contribution in [1.29, 1.82) is 0 Å². The van der Waals surface area contributed by atoms with Gasteiger partial charge in [0.2, 0.25) is 11.8 Å². The minimum absolute atomic E-state index is 0.00923. The average molecular weight is 525 g/mol. The Morgan fingerprint density at radius 2 is 1.86 bits per heavy atom. The van der Waals surface area contributed by atoms with Crippen LogP contribution in [0.15, 0.2) is 41.8 Å². The Morgan fingerprint density at radius 1 is 1.14 bits per heavy atom. The van der Waals surface area contributed by atoms with E-state index in [1.165, 1.54) is 4.88 Å². The number of rotatable bonds is 4. The maximum absolute atomic E-state index is 13.7. The minimum atomic E-state index is -0.261. The van der Waals surface area contributed by atoms with Gasteiger partial charge in [-0.25, -0.2) is 4.68 Å². The summed E-state index contributed by atoms with van der Waals surface area (Å²) in [6.45, 7) is 10.6. The molecule has 0 bridgehead atoms. The highest BCUT2D eigenvalue weighted by atomic mass is 32.2. The Kier molecular flexibility index (Phi) is 6.98. The molecule has 0 aliphatic carbocycles. The van der Waals surface area contributed by atoms with Crippen LogP contribution < -0.4 is 4.90 Å². The molecule has 1 atom stereocenters. The molecular weight excluding hydrogens is 492 g/mol. The predicted octanol–water partition coefficient (Wildman–Crippen LogP) is 4.57. The van der Waals surface area contributed by atoms with Crippen molar-refractivity contribution < 1.29 is 14.3 Å². The van der Waals surface area contributed by atoms with Gasteiger partial charge in [0.1, 0.15) is 12.4 Å². The highest BCUT2D eigenvalue weighted by Gasteiger charge is 2.40. The van der Waals surface area contributed by atoms with Gasteiger partial charge in [-0.3, -0.25) is 14.5 Å². The lowest BCUT2D eigenvalue weighted by Gasteiger charge is -2.30. The van der Waals surface area contributed by atoms with Crippen LogP contribution in [-0.4, -0.2) is 65.1 Å². The molecule has 9 heteroatoms. The number of ether oxygens (including phenoxy) is 1. The molecule has 0 unspecified atom stereocenters. The Morgan fingerprint density at radius 3 is 2.50 bits per heavy atom. The van der Waals surface area contributed by atoms with E-state index in [0.717, 1.165) is 22.5 Å². The fourth-order valence-electron chi connectivity index (χ4n) is 4.65. The molecule has 190 valence electrons. The number of carbonyl (C=O) groups is 2. The zero-order valence-corrected chi connectivity index (χ0v) is 22.8. The number of aryl methyl sites for hydroxylation is 1. The average Bonchev–Trinajstić information content (AvgIpc) is 3.50. The van der Waals surface area contributed by atoms with Crippen LogP contribution in [0.2, 0.25) is 0 Å². The minimum Gasteiger partial charge on any atom is -0.378 e. The molecule has 4 heterocycles. The number of amides is 2. The second-order valence-corrected chi connectivity index (χ2v) is 12.3. The molecule has 2 amide bonds.